The van der Waals surface area contributed by atoms with Crippen molar-refractivity contribution in [1.82, 2.24) is 0 Å². The summed E-state index contributed by atoms with van der Waals surface area (Å²) < 4.78 is 0. The van der Waals surface area contributed by atoms with Crippen molar-refractivity contribution in [1.29, 1.82) is 0 Å². The highest BCUT2D eigenvalue weighted by Gasteiger charge is 2.34. The van der Waals surface area contributed by atoms with Gasteiger partial charge in [0.2, 0.25) is 0 Å². The number of aryl methyl sites for hydroxylation is 2. The Hall–Kier alpha value is -1.11. The zero-order valence-electron chi connectivity index (χ0n) is 9.05. The van der Waals surface area contributed by atoms with E-state index in [2.05, 4.69) is 6.07 Å². The van der Waals surface area contributed by atoms with Gasteiger partial charge in [-0.2, -0.15) is 0 Å². The first-order valence-electron chi connectivity index (χ1n) is 5.16. The molecule has 1 aliphatic carbocycles. The number of carbonyl (C=O) groups is 1. The quantitative estimate of drug-likeness (QED) is 0.611. The molecule has 0 N–H and O–H groups in total. The molecule has 0 unspecified atom stereocenters. The Morgan fingerprint density at radius 3 is 2.71 bits per heavy atom. The van der Waals surface area contributed by atoms with E-state index in [0.717, 1.165) is 24.0 Å². The number of hydrogen-bond donors (Lipinski definition) is 0. The summed E-state index contributed by atoms with van der Waals surface area (Å²) in [4.78, 5) is 12.2. The summed E-state index contributed by atoms with van der Waals surface area (Å²) in [5.41, 5.74) is 3.16. The second-order valence-corrected chi connectivity index (χ2v) is 4.82. The molecule has 0 spiro atoms. The van der Waals surface area contributed by atoms with Gasteiger partial charge in [0.15, 0.2) is 5.78 Å². The lowest BCUT2D eigenvalue weighted by atomic mass is 9.72. The molecule has 0 bridgehead atoms. The molecule has 0 heterocycles. The van der Waals surface area contributed by atoms with Gasteiger partial charge in [-0.1, -0.05) is 32.0 Å². The van der Waals surface area contributed by atoms with E-state index in [0.29, 0.717) is 5.78 Å². The molecule has 1 nitrogen and oxygen atoms in total. The third-order valence-electron chi connectivity index (χ3n) is 3.22. The molecule has 74 valence electrons. The largest absolute Gasteiger partial charge is 0.294 e. The molecule has 0 radical (unpaired) electrons. The number of hydrogen-bond acceptors (Lipinski definition) is 1. The lowest BCUT2D eigenvalue weighted by Crippen LogP contribution is -2.31. The maximum absolute atomic E-state index is 12.2. The van der Waals surface area contributed by atoms with Crippen molar-refractivity contribution in [2.24, 2.45) is 5.41 Å². The minimum atomic E-state index is -0.168. The Balaban J connectivity index is 2.60. The van der Waals surface area contributed by atoms with Gasteiger partial charge >= 0.3 is 0 Å². The van der Waals surface area contributed by atoms with Crippen LogP contribution in [0.1, 0.15) is 41.8 Å². The van der Waals surface area contributed by atoms with Crippen LogP contribution in [0, 0.1) is 12.3 Å². The number of rotatable bonds is 0. The minimum Gasteiger partial charge on any atom is -0.294 e. The highest BCUT2D eigenvalue weighted by atomic mass is 16.1. The lowest BCUT2D eigenvalue weighted by molar-refractivity contribution is 0.0810. The van der Waals surface area contributed by atoms with Crippen molar-refractivity contribution in [2.45, 2.75) is 33.6 Å². The molecule has 14 heavy (non-hydrogen) atoms. The Bertz CT molecular complexity index is 388. The van der Waals surface area contributed by atoms with Crippen LogP contribution in [0.4, 0.5) is 0 Å². The van der Waals surface area contributed by atoms with Gasteiger partial charge in [0.25, 0.3) is 0 Å². The van der Waals surface area contributed by atoms with Gasteiger partial charge in [0.05, 0.1) is 0 Å². The standard InChI is InChI=1S/C13H16O/c1-9-5-4-6-10-7-8-13(2,3)12(14)11(9)10/h4-6H,7-8H2,1-3H3. The van der Waals surface area contributed by atoms with E-state index in [9.17, 15) is 4.79 Å². The maximum atomic E-state index is 12.2. The molecule has 0 saturated heterocycles. The fourth-order valence-electron chi connectivity index (χ4n) is 2.16. The summed E-state index contributed by atoms with van der Waals surface area (Å²) in [6.07, 6.45) is 2.01. The van der Waals surface area contributed by atoms with E-state index >= 15 is 0 Å². The highest BCUT2D eigenvalue weighted by molar-refractivity contribution is 6.03. The normalized spacial score (nSPS) is 19.2. The van der Waals surface area contributed by atoms with E-state index in [1.165, 1.54) is 5.56 Å². The van der Waals surface area contributed by atoms with Gasteiger partial charge in [-0.15, -0.1) is 0 Å². The number of benzene rings is 1. The number of ketones is 1. The molecule has 0 aromatic heterocycles. The van der Waals surface area contributed by atoms with Crippen LogP contribution in [-0.2, 0) is 6.42 Å². The van der Waals surface area contributed by atoms with Crippen molar-refractivity contribution in [2.75, 3.05) is 0 Å². The molecule has 0 atom stereocenters. The van der Waals surface area contributed by atoms with Crippen LogP contribution >= 0.6 is 0 Å². The van der Waals surface area contributed by atoms with Gasteiger partial charge in [-0.3, -0.25) is 4.79 Å². The monoisotopic (exact) mass is 188 g/mol. The van der Waals surface area contributed by atoms with Crippen LogP contribution in [0.15, 0.2) is 18.2 Å². The molecular weight excluding hydrogens is 172 g/mol. The highest BCUT2D eigenvalue weighted by Crippen LogP contribution is 2.35. The van der Waals surface area contributed by atoms with Gasteiger partial charge < -0.3 is 0 Å². The molecule has 0 amide bonds. The zero-order valence-corrected chi connectivity index (χ0v) is 9.05. The summed E-state index contributed by atoms with van der Waals surface area (Å²) >= 11 is 0. The first-order valence-corrected chi connectivity index (χ1v) is 5.16. The SMILES string of the molecule is Cc1cccc2c1C(=O)C(C)(C)CC2. The Morgan fingerprint density at radius 1 is 1.29 bits per heavy atom. The fourth-order valence-corrected chi connectivity index (χ4v) is 2.16. The van der Waals surface area contributed by atoms with Crippen molar-refractivity contribution in [3.63, 3.8) is 0 Å². The van der Waals surface area contributed by atoms with Crippen LogP contribution in [0.25, 0.3) is 0 Å². The van der Waals surface area contributed by atoms with Crippen molar-refractivity contribution in [3.05, 3.63) is 34.9 Å². The summed E-state index contributed by atoms with van der Waals surface area (Å²) in [5.74, 6) is 0.317. The average molecular weight is 188 g/mol. The smallest absolute Gasteiger partial charge is 0.169 e. The molecule has 1 heteroatoms. The summed E-state index contributed by atoms with van der Waals surface area (Å²) in [6, 6.07) is 6.15. The number of Topliss-reactive ketones (excluding diaryl/α,β-unsaturated/α-hetero) is 1. The average Bonchev–Trinajstić information content (AvgIpc) is 2.12. The van der Waals surface area contributed by atoms with Crippen molar-refractivity contribution >= 4 is 5.78 Å². The number of fused-ring (bicyclic) bond motifs is 1. The van der Waals surface area contributed by atoms with Crippen molar-refractivity contribution < 1.29 is 4.79 Å². The summed E-state index contributed by atoms with van der Waals surface area (Å²) in [7, 11) is 0. The Labute approximate surface area is 85.1 Å². The van der Waals surface area contributed by atoms with Gasteiger partial charge in [0, 0.05) is 11.0 Å². The predicted octanol–water partition coefficient (Wildman–Crippen LogP) is 3.15. The Kier molecular flexibility index (Phi) is 1.99. The van der Waals surface area contributed by atoms with E-state index in [1.807, 2.05) is 32.9 Å². The fraction of sp³-hybridized carbons (Fsp3) is 0.462. The van der Waals surface area contributed by atoms with Gasteiger partial charge in [0.1, 0.15) is 0 Å². The molecule has 1 aromatic carbocycles. The third kappa shape index (κ3) is 1.28. The van der Waals surface area contributed by atoms with Crippen molar-refractivity contribution in [3.8, 4) is 0 Å². The molecule has 2 rings (SSSR count). The second-order valence-electron chi connectivity index (χ2n) is 4.82. The third-order valence-corrected chi connectivity index (χ3v) is 3.22. The topological polar surface area (TPSA) is 17.1 Å². The first kappa shape index (κ1) is 9.45. The molecule has 0 aliphatic heterocycles. The zero-order chi connectivity index (χ0) is 10.3. The van der Waals surface area contributed by atoms with E-state index in [1.54, 1.807) is 0 Å². The predicted molar refractivity (Wildman–Crippen MR) is 57.6 cm³/mol. The van der Waals surface area contributed by atoms with E-state index in [4.69, 9.17) is 0 Å². The van der Waals surface area contributed by atoms with E-state index in [-0.39, 0.29) is 5.41 Å². The molecule has 0 saturated carbocycles. The Morgan fingerprint density at radius 2 is 2.00 bits per heavy atom. The summed E-state index contributed by atoms with van der Waals surface area (Å²) in [6.45, 7) is 6.12. The first-order chi connectivity index (χ1) is 6.52. The molecule has 0 fully saturated rings. The minimum absolute atomic E-state index is 0.168. The molecule has 1 aromatic rings. The molecule has 1 aliphatic rings. The lowest BCUT2D eigenvalue weighted by Gasteiger charge is -2.30. The van der Waals surface area contributed by atoms with Crippen LogP contribution in [0.5, 0.6) is 0 Å². The van der Waals surface area contributed by atoms with E-state index < -0.39 is 0 Å². The van der Waals surface area contributed by atoms with Gasteiger partial charge in [-0.25, -0.2) is 0 Å². The van der Waals surface area contributed by atoms with Crippen LogP contribution in [0.3, 0.4) is 0 Å². The summed E-state index contributed by atoms with van der Waals surface area (Å²) in [5, 5.41) is 0. The number of carbonyl (C=O) groups excluding carboxylic acids is 1. The van der Waals surface area contributed by atoms with Crippen LogP contribution < -0.4 is 0 Å². The van der Waals surface area contributed by atoms with Crippen LogP contribution in [0.2, 0.25) is 0 Å². The second kappa shape index (κ2) is 2.94. The van der Waals surface area contributed by atoms with Gasteiger partial charge in [-0.05, 0) is 30.9 Å². The molecular formula is C13H16O. The van der Waals surface area contributed by atoms with Crippen LogP contribution in [-0.4, -0.2) is 5.78 Å². The maximum Gasteiger partial charge on any atom is 0.169 e.